The number of hydrogen-bond acceptors (Lipinski definition) is 5. The topological polar surface area (TPSA) is 91.8 Å². The summed E-state index contributed by atoms with van der Waals surface area (Å²) in [7, 11) is -7.41. The SMILES string of the molecule is CC(C(=O)N1CCN(S(=O)(=O)c2c(Cl)cccc2Cl)CC1)S(C)(=O)=O. The van der Waals surface area contributed by atoms with Crippen molar-refractivity contribution in [3.63, 3.8) is 0 Å². The van der Waals surface area contributed by atoms with Crippen LogP contribution in [0, 0.1) is 0 Å². The quantitative estimate of drug-likeness (QED) is 0.719. The number of amides is 1. The van der Waals surface area contributed by atoms with Crippen molar-refractivity contribution in [3.8, 4) is 0 Å². The van der Waals surface area contributed by atoms with Crippen molar-refractivity contribution in [1.29, 1.82) is 0 Å². The Balaban J connectivity index is 2.16. The van der Waals surface area contributed by atoms with Crippen LogP contribution in [-0.4, -0.2) is 69.6 Å². The molecule has 0 radical (unpaired) electrons. The lowest BCUT2D eigenvalue weighted by molar-refractivity contribution is -0.131. The number of carbonyl (C=O) groups is 1. The highest BCUT2D eigenvalue weighted by atomic mass is 35.5. The average molecular weight is 429 g/mol. The highest BCUT2D eigenvalue weighted by Gasteiger charge is 2.35. The van der Waals surface area contributed by atoms with Crippen molar-refractivity contribution in [2.45, 2.75) is 17.1 Å². The Labute approximate surface area is 157 Å². The van der Waals surface area contributed by atoms with E-state index in [-0.39, 0.29) is 41.1 Å². The second-order valence-corrected chi connectivity index (χ2v) is 10.8. The first kappa shape index (κ1) is 20.4. The third kappa shape index (κ3) is 4.28. The second kappa shape index (κ2) is 7.40. The van der Waals surface area contributed by atoms with Crippen LogP contribution in [0.15, 0.2) is 23.1 Å². The van der Waals surface area contributed by atoms with Gasteiger partial charge in [0, 0.05) is 32.4 Å². The van der Waals surface area contributed by atoms with Crippen molar-refractivity contribution in [1.82, 2.24) is 9.21 Å². The van der Waals surface area contributed by atoms with Crippen LogP contribution in [0.2, 0.25) is 10.0 Å². The molecule has 1 fully saturated rings. The largest absolute Gasteiger partial charge is 0.339 e. The lowest BCUT2D eigenvalue weighted by Crippen LogP contribution is -2.53. The first-order valence-corrected chi connectivity index (χ1v) is 11.5. The Kier molecular flexibility index (Phi) is 6.05. The Morgan fingerprint density at radius 2 is 1.52 bits per heavy atom. The maximum atomic E-state index is 12.8. The fourth-order valence-electron chi connectivity index (χ4n) is 2.45. The third-order valence-electron chi connectivity index (χ3n) is 4.06. The molecule has 1 aliphatic heterocycles. The number of carbonyl (C=O) groups excluding carboxylic acids is 1. The van der Waals surface area contributed by atoms with Gasteiger partial charge in [-0.3, -0.25) is 4.79 Å². The molecule has 1 aromatic carbocycles. The molecule has 1 amide bonds. The van der Waals surface area contributed by atoms with Gasteiger partial charge in [-0.1, -0.05) is 29.3 Å². The predicted octanol–water partition coefficient (Wildman–Crippen LogP) is 1.26. The van der Waals surface area contributed by atoms with Crippen LogP contribution in [0.3, 0.4) is 0 Å². The highest BCUT2D eigenvalue weighted by molar-refractivity contribution is 7.92. The minimum absolute atomic E-state index is 0.0247. The van der Waals surface area contributed by atoms with E-state index in [2.05, 4.69) is 0 Å². The lowest BCUT2D eigenvalue weighted by atomic mass is 10.3. The van der Waals surface area contributed by atoms with E-state index in [1.807, 2.05) is 0 Å². The molecule has 2 rings (SSSR count). The van der Waals surface area contributed by atoms with E-state index in [4.69, 9.17) is 23.2 Å². The number of hydrogen-bond donors (Lipinski definition) is 0. The summed E-state index contributed by atoms with van der Waals surface area (Å²) in [5.74, 6) is -0.532. The molecule has 25 heavy (non-hydrogen) atoms. The van der Waals surface area contributed by atoms with Gasteiger partial charge in [-0.2, -0.15) is 4.31 Å². The number of rotatable bonds is 4. The molecule has 0 aliphatic carbocycles. The number of nitrogens with zero attached hydrogens (tertiary/aromatic N) is 2. The van der Waals surface area contributed by atoms with Gasteiger partial charge >= 0.3 is 0 Å². The Hall–Kier alpha value is -0.870. The molecule has 0 N–H and O–H groups in total. The van der Waals surface area contributed by atoms with Crippen LogP contribution in [0.1, 0.15) is 6.92 Å². The zero-order chi connectivity index (χ0) is 19.0. The molecule has 1 atom stereocenters. The van der Waals surface area contributed by atoms with Crippen LogP contribution in [0.5, 0.6) is 0 Å². The minimum atomic E-state index is -3.91. The molecular weight excluding hydrogens is 411 g/mol. The number of piperazine rings is 1. The fourth-order valence-corrected chi connectivity index (χ4v) is 5.48. The standard InChI is InChI=1S/C14H18Cl2N2O5S2/c1-10(24(2,20)21)14(19)17-6-8-18(9-7-17)25(22,23)13-11(15)4-3-5-12(13)16/h3-5,10H,6-9H2,1-2H3. The van der Waals surface area contributed by atoms with Crippen molar-refractivity contribution in [2.24, 2.45) is 0 Å². The van der Waals surface area contributed by atoms with Gasteiger partial charge in [-0.05, 0) is 19.1 Å². The smallest absolute Gasteiger partial charge is 0.246 e. The number of benzene rings is 1. The van der Waals surface area contributed by atoms with Gasteiger partial charge in [0.2, 0.25) is 15.9 Å². The predicted molar refractivity (Wildman–Crippen MR) is 96.1 cm³/mol. The molecule has 1 aromatic rings. The molecule has 1 aliphatic rings. The second-order valence-electron chi connectivity index (χ2n) is 5.75. The molecule has 140 valence electrons. The number of sulfone groups is 1. The summed E-state index contributed by atoms with van der Waals surface area (Å²) < 4.78 is 49.7. The van der Waals surface area contributed by atoms with Crippen molar-refractivity contribution in [3.05, 3.63) is 28.2 Å². The monoisotopic (exact) mass is 428 g/mol. The van der Waals surface area contributed by atoms with Gasteiger partial charge in [0.25, 0.3) is 0 Å². The number of halogens is 2. The summed E-state index contributed by atoms with van der Waals surface area (Å²) in [6, 6.07) is 4.43. The van der Waals surface area contributed by atoms with E-state index in [0.29, 0.717) is 0 Å². The molecule has 7 nitrogen and oxygen atoms in total. The Morgan fingerprint density at radius 3 is 1.96 bits per heavy atom. The molecule has 1 saturated heterocycles. The summed E-state index contributed by atoms with van der Waals surface area (Å²) >= 11 is 12.0. The molecule has 0 bridgehead atoms. The average Bonchev–Trinajstić information content (AvgIpc) is 2.52. The van der Waals surface area contributed by atoms with Crippen LogP contribution < -0.4 is 0 Å². The van der Waals surface area contributed by atoms with E-state index in [1.165, 1.54) is 28.3 Å². The molecular formula is C14H18Cl2N2O5S2. The zero-order valence-electron chi connectivity index (χ0n) is 13.6. The normalized spacial score (nSPS) is 18.2. The van der Waals surface area contributed by atoms with Crippen LogP contribution in [-0.2, 0) is 24.7 Å². The van der Waals surface area contributed by atoms with Crippen LogP contribution in [0.25, 0.3) is 0 Å². The maximum absolute atomic E-state index is 12.8. The summed E-state index contributed by atoms with van der Waals surface area (Å²) in [4.78, 5) is 13.4. The molecule has 1 heterocycles. The number of sulfonamides is 1. The Morgan fingerprint density at radius 1 is 1.04 bits per heavy atom. The minimum Gasteiger partial charge on any atom is -0.339 e. The molecule has 0 saturated carbocycles. The van der Waals surface area contributed by atoms with E-state index in [9.17, 15) is 21.6 Å². The lowest BCUT2D eigenvalue weighted by Gasteiger charge is -2.35. The zero-order valence-corrected chi connectivity index (χ0v) is 16.8. The van der Waals surface area contributed by atoms with Gasteiger partial charge in [-0.15, -0.1) is 0 Å². The van der Waals surface area contributed by atoms with Gasteiger partial charge in [0.15, 0.2) is 9.84 Å². The highest BCUT2D eigenvalue weighted by Crippen LogP contribution is 2.31. The first-order chi connectivity index (χ1) is 11.5. The van der Waals surface area contributed by atoms with Gasteiger partial charge in [0.05, 0.1) is 10.0 Å². The molecule has 11 heteroatoms. The van der Waals surface area contributed by atoms with Crippen molar-refractivity contribution >= 4 is 49.0 Å². The fraction of sp³-hybridized carbons (Fsp3) is 0.500. The molecule has 0 aromatic heterocycles. The summed E-state index contributed by atoms with van der Waals surface area (Å²) in [5, 5.41) is -1.11. The van der Waals surface area contributed by atoms with E-state index < -0.39 is 31.0 Å². The van der Waals surface area contributed by atoms with E-state index >= 15 is 0 Å². The molecule has 1 unspecified atom stereocenters. The van der Waals surface area contributed by atoms with Gasteiger partial charge in [-0.25, -0.2) is 16.8 Å². The molecule has 0 spiro atoms. The third-order valence-corrected chi connectivity index (χ3v) is 8.40. The summed E-state index contributed by atoms with van der Waals surface area (Å²) in [6.07, 6.45) is 0.996. The van der Waals surface area contributed by atoms with Gasteiger partial charge < -0.3 is 4.90 Å². The van der Waals surface area contributed by atoms with Crippen molar-refractivity contribution < 1.29 is 21.6 Å². The van der Waals surface area contributed by atoms with Crippen LogP contribution in [0.4, 0.5) is 0 Å². The van der Waals surface area contributed by atoms with Crippen LogP contribution >= 0.6 is 23.2 Å². The first-order valence-electron chi connectivity index (χ1n) is 7.38. The summed E-state index contributed by atoms with van der Waals surface area (Å²) in [6.45, 7) is 1.59. The van der Waals surface area contributed by atoms with E-state index in [0.717, 1.165) is 6.26 Å². The maximum Gasteiger partial charge on any atom is 0.246 e. The van der Waals surface area contributed by atoms with Gasteiger partial charge in [0.1, 0.15) is 10.1 Å². The Bertz CT molecular complexity index is 858. The van der Waals surface area contributed by atoms with E-state index in [1.54, 1.807) is 6.07 Å². The summed E-state index contributed by atoms with van der Waals surface area (Å²) in [5.41, 5.74) is 0. The van der Waals surface area contributed by atoms with Crippen molar-refractivity contribution in [2.75, 3.05) is 32.4 Å².